The molecule has 0 saturated heterocycles. The second-order valence-electron chi connectivity index (χ2n) is 7.64. The summed E-state index contributed by atoms with van der Waals surface area (Å²) in [6.45, 7) is 2.65. The van der Waals surface area contributed by atoms with Gasteiger partial charge in [0.15, 0.2) is 11.5 Å². The van der Waals surface area contributed by atoms with Gasteiger partial charge >= 0.3 is 0 Å². The summed E-state index contributed by atoms with van der Waals surface area (Å²) in [4.78, 5) is 24.9. The fourth-order valence-electron chi connectivity index (χ4n) is 3.47. The highest BCUT2D eigenvalue weighted by atomic mass is 16.5. The highest BCUT2D eigenvalue weighted by Crippen LogP contribution is 2.29. The summed E-state index contributed by atoms with van der Waals surface area (Å²) in [5.41, 5.74) is 1.95. The van der Waals surface area contributed by atoms with Gasteiger partial charge in [-0.2, -0.15) is 0 Å². The molecule has 6 heteroatoms. The molecular formula is C26H30N2O4. The molecule has 0 heterocycles. The van der Waals surface area contributed by atoms with E-state index in [1.807, 2.05) is 37.3 Å². The summed E-state index contributed by atoms with van der Waals surface area (Å²) in [5, 5.41) is 5.75. The maximum Gasteiger partial charge on any atom is 0.248 e. The molecule has 0 radical (unpaired) electrons. The molecule has 2 aromatic rings. The first-order chi connectivity index (χ1) is 15.6. The van der Waals surface area contributed by atoms with Crippen molar-refractivity contribution in [2.75, 3.05) is 24.4 Å². The molecule has 0 spiro atoms. The van der Waals surface area contributed by atoms with Gasteiger partial charge in [0.25, 0.3) is 0 Å². The quantitative estimate of drug-likeness (QED) is 0.386. The second kappa shape index (κ2) is 11.7. The molecule has 2 N–H and O–H groups in total. The lowest BCUT2D eigenvalue weighted by Crippen LogP contribution is -2.17. The fraction of sp³-hybridized carbons (Fsp3) is 0.308. The van der Waals surface area contributed by atoms with E-state index >= 15 is 0 Å². The first-order valence-corrected chi connectivity index (χ1v) is 10.9. The largest absolute Gasteiger partial charge is 0.493 e. The van der Waals surface area contributed by atoms with Gasteiger partial charge in [-0.15, -0.1) is 0 Å². The molecule has 0 fully saturated rings. The van der Waals surface area contributed by atoms with Gasteiger partial charge in [-0.05, 0) is 61.1 Å². The first-order valence-electron chi connectivity index (χ1n) is 10.9. The summed E-state index contributed by atoms with van der Waals surface area (Å²) in [5.74, 6) is 1.22. The lowest BCUT2D eigenvalue weighted by atomic mass is 10.0. The van der Waals surface area contributed by atoms with Crippen LogP contribution < -0.4 is 20.1 Å². The van der Waals surface area contributed by atoms with E-state index in [-0.39, 0.29) is 17.7 Å². The van der Waals surface area contributed by atoms with Crippen LogP contribution in [0.1, 0.15) is 38.2 Å². The molecule has 2 aromatic carbocycles. The molecule has 1 unspecified atom stereocenters. The molecule has 2 amide bonds. The molecule has 0 bridgehead atoms. The summed E-state index contributed by atoms with van der Waals surface area (Å²) in [7, 11) is 1.59. The molecule has 0 saturated carbocycles. The SMILES string of the molecule is CCCOc1ccc(C=CC(=O)Nc2ccccc2NC(=O)CC2C=CCC2)cc1OC. The van der Waals surface area contributed by atoms with E-state index in [1.54, 1.807) is 25.3 Å². The highest BCUT2D eigenvalue weighted by Gasteiger charge is 2.15. The van der Waals surface area contributed by atoms with E-state index in [4.69, 9.17) is 9.47 Å². The number of nitrogens with one attached hydrogen (secondary N) is 2. The van der Waals surface area contributed by atoms with Gasteiger partial charge < -0.3 is 20.1 Å². The third-order valence-corrected chi connectivity index (χ3v) is 5.10. The van der Waals surface area contributed by atoms with Crippen LogP contribution in [-0.4, -0.2) is 25.5 Å². The molecular weight excluding hydrogens is 404 g/mol. The van der Waals surface area contributed by atoms with Gasteiger partial charge in [0, 0.05) is 12.5 Å². The Morgan fingerprint density at radius 2 is 1.88 bits per heavy atom. The van der Waals surface area contributed by atoms with E-state index in [2.05, 4.69) is 22.8 Å². The van der Waals surface area contributed by atoms with Gasteiger partial charge in [0.1, 0.15) is 0 Å². The summed E-state index contributed by atoms with van der Waals surface area (Å²) < 4.78 is 11.0. The Kier molecular flexibility index (Phi) is 8.49. The van der Waals surface area contributed by atoms with E-state index in [1.165, 1.54) is 6.08 Å². The minimum absolute atomic E-state index is 0.0590. The van der Waals surface area contributed by atoms with Crippen molar-refractivity contribution in [3.05, 3.63) is 66.3 Å². The minimum Gasteiger partial charge on any atom is -0.493 e. The summed E-state index contributed by atoms with van der Waals surface area (Å²) in [6.07, 6.45) is 10.7. The van der Waals surface area contributed by atoms with E-state index in [0.717, 1.165) is 24.8 Å². The standard InChI is InChI=1S/C26H30N2O4/c1-3-16-32-23-14-12-20(17-24(23)31-2)13-15-25(29)27-21-10-6-7-11-22(21)28-26(30)18-19-8-4-5-9-19/h4,6-8,10-15,17,19H,3,5,9,16,18H2,1-2H3,(H,27,29)(H,28,30). The van der Waals surface area contributed by atoms with Crippen LogP contribution in [0.3, 0.4) is 0 Å². The maximum absolute atomic E-state index is 12.5. The number of amides is 2. The van der Waals surface area contributed by atoms with Crippen molar-refractivity contribution in [1.82, 2.24) is 0 Å². The number of rotatable bonds is 10. The van der Waals surface area contributed by atoms with Crippen molar-refractivity contribution in [3.63, 3.8) is 0 Å². The Bertz CT molecular complexity index is 997. The van der Waals surface area contributed by atoms with Crippen molar-refractivity contribution in [3.8, 4) is 11.5 Å². The predicted molar refractivity (Wildman–Crippen MR) is 128 cm³/mol. The average molecular weight is 435 g/mol. The number of ether oxygens (including phenoxy) is 2. The van der Waals surface area contributed by atoms with E-state index < -0.39 is 0 Å². The van der Waals surface area contributed by atoms with Crippen LogP contribution in [0.2, 0.25) is 0 Å². The number of anilines is 2. The van der Waals surface area contributed by atoms with E-state index in [9.17, 15) is 9.59 Å². The Hall–Kier alpha value is -3.54. The molecule has 168 valence electrons. The molecule has 3 rings (SSSR count). The van der Waals surface area contributed by atoms with Crippen molar-refractivity contribution in [2.24, 2.45) is 5.92 Å². The van der Waals surface area contributed by atoms with Crippen LogP contribution in [0.15, 0.2) is 60.7 Å². The molecule has 1 aliphatic rings. The molecule has 1 aliphatic carbocycles. The van der Waals surface area contributed by atoms with Crippen molar-refractivity contribution < 1.29 is 19.1 Å². The predicted octanol–water partition coefficient (Wildman–Crippen LogP) is 5.43. The zero-order valence-electron chi connectivity index (χ0n) is 18.6. The maximum atomic E-state index is 12.5. The number of allylic oxidation sites excluding steroid dienone is 2. The van der Waals surface area contributed by atoms with Crippen molar-refractivity contribution in [2.45, 2.75) is 32.6 Å². The lowest BCUT2D eigenvalue weighted by molar-refractivity contribution is -0.117. The number of benzene rings is 2. The lowest BCUT2D eigenvalue weighted by Gasteiger charge is -2.13. The number of para-hydroxylation sites is 2. The normalized spacial score (nSPS) is 15.0. The Morgan fingerprint density at radius 3 is 2.56 bits per heavy atom. The first kappa shape index (κ1) is 23.1. The van der Waals surface area contributed by atoms with Crippen molar-refractivity contribution in [1.29, 1.82) is 0 Å². The van der Waals surface area contributed by atoms with Gasteiger partial charge in [-0.3, -0.25) is 9.59 Å². The zero-order valence-corrected chi connectivity index (χ0v) is 18.6. The van der Waals surface area contributed by atoms with Gasteiger partial charge in [0.2, 0.25) is 11.8 Å². The molecule has 1 atom stereocenters. The monoisotopic (exact) mass is 434 g/mol. The number of hydrogen-bond acceptors (Lipinski definition) is 4. The minimum atomic E-state index is -0.296. The van der Waals surface area contributed by atoms with Crippen molar-refractivity contribution >= 4 is 29.3 Å². The van der Waals surface area contributed by atoms with Crippen LogP contribution in [0.4, 0.5) is 11.4 Å². The second-order valence-corrected chi connectivity index (χ2v) is 7.64. The van der Waals surface area contributed by atoms with Gasteiger partial charge in [0.05, 0.1) is 25.1 Å². The van der Waals surface area contributed by atoms with E-state index in [0.29, 0.717) is 35.9 Å². The zero-order chi connectivity index (χ0) is 22.8. The van der Waals surface area contributed by atoms with Crippen LogP contribution in [-0.2, 0) is 9.59 Å². The Balaban J connectivity index is 1.61. The molecule has 32 heavy (non-hydrogen) atoms. The topological polar surface area (TPSA) is 76.7 Å². The van der Waals surface area contributed by atoms with Crippen LogP contribution in [0.25, 0.3) is 6.08 Å². The van der Waals surface area contributed by atoms with Crippen LogP contribution >= 0.6 is 0 Å². The molecule has 6 nitrogen and oxygen atoms in total. The number of carbonyl (C=O) groups is 2. The Labute approximate surface area is 189 Å². The van der Waals surface area contributed by atoms with Crippen LogP contribution in [0, 0.1) is 5.92 Å². The number of methoxy groups -OCH3 is 1. The Morgan fingerprint density at radius 1 is 1.09 bits per heavy atom. The molecule has 0 aliphatic heterocycles. The third-order valence-electron chi connectivity index (χ3n) is 5.10. The van der Waals surface area contributed by atoms with Crippen LogP contribution in [0.5, 0.6) is 11.5 Å². The number of hydrogen-bond donors (Lipinski definition) is 2. The summed E-state index contributed by atoms with van der Waals surface area (Å²) >= 11 is 0. The number of carbonyl (C=O) groups excluding carboxylic acids is 2. The van der Waals surface area contributed by atoms with Gasteiger partial charge in [-0.25, -0.2) is 0 Å². The average Bonchev–Trinajstić information content (AvgIpc) is 3.30. The third kappa shape index (κ3) is 6.74. The van der Waals surface area contributed by atoms with Gasteiger partial charge in [-0.1, -0.05) is 37.3 Å². The molecule has 0 aromatic heterocycles. The smallest absolute Gasteiger partial charge is 0.248 e. The fourth-order valence-corrected chi connectivity index (χ4v) is 3.47. The highest BCUT2D eigenvalue weighted by molar-refractivity contribution is 6.05. The summed E-state index contributed by atoms with van der Waals surface area (Å²) in [6, 6.07) is 12.7.